The van der Waals surface area contributed by atoms with Crippen LogP contribution in [0.4, 0.5) is 0 Å². The Hall–Kier alpha value is -1.22. The van der Waals surface area contributed by atoms with Crippen LogP contribution in [0.3, 0.4) is 0 Å². The first kappa shape index (κ1) is 14.2. The summed E-state index contributed by atoms with van der Waals surface area (Å²) in [7, 11) is 0. The number of aromatic carboxylic acids is 1. The van der Waals surface area contributed by atoms with Crippen molar-refractivity contribution in [3.8, 4) is 11.1 Å². The van der Waals surface area contributed by atoms with Gasteiger partial charge in [0.25, 0.3) is 0 Å². The molecule has 2 aromatic carbocycles. The Balaban J connectivity index is 2.70. The third kappa shape index (κ3) is 3.03. The molecule has 2 rings (SSSR count). The molecule has 0 atom stereocenters. The Kier molecular flexibility index (Phi) is 4.04. The van der Waals surface area contributed by atoms with Gasteiger partial charge in [-0.1, -0.05) is 77.3 Å². The zero-order valence-corrected chi connectivity index (χ0v) is 11.9. The Morgan fingerprint density at radius 3 is 2.00 bits per heavy atom. The van der Waals surface area contributed by atoms with Gasteiger partial charge in [-0.25, -0.2) is 4.79 Å². The minimum absolute atomic E-state index is 0.171. The molecule has 0 spiro atoms. The summed E-state index contributed by atoms with van der Waals surface area (Å²) in [5.41, 5.74) is 1.75. The normalized spacial score (nSPS) is 11.3. The molecule has 0 aliphatic heterocycles. The fourth-order valence-electron chi connectivity index (χ4n) is 1.87. The maximum absolute atomic E-state index is 11.3. The van der Waals surface area contributed by atoms with E-state index in [2.05, 4.69) is 0 Å². The van der Waals surface area contributed by atoms with Gasteiger partial charge >= 0.3 is 5.97 Å². The second kappa shape index (κ2) is 5.41. The van der Waals surface area contributed by atoms with Crippen LogP contribution in [0.25, 0.3) is 11.1 Å². The fraction of sp³-hybridized carbons (Fsp3) is 0.0714. The fourth-order valence-corrected chi connectivity index (χ4v) is 2.36. The number of alkyl halides is 3. The van der Waals surface area contributed by atoms with Crippen molar-refractivity contribution in [3.63, 3.8) is 0 Å². The van der Waals surface area contributed by atoms with E-state index in [1.54, 1.807) is 42.5 Å². The highest BCUT2D eigenvalue weighted by Crippen LogP contribution is 2.43. The van der Waals surface area contributed by atoms with Crippen molar-refractivity contribution in [1.82, 2.24) is 0 Å². The van der Waals surface area contributed by atoms with E-state index in [1.807, 2.05) is 0 Å². The first-order valence-corrected chi connectivity index (χ1v) is 6.53. The van der Waals surface area contributed by atoms with E-state index in [4.69, 9.17) is 34.8 Å². The molecule has 0 fully saturated rings. The molecule has 0 aliphatic rings. The topological polar surface area (TPSA) is 37.3 Å². The average molecular weight is 316 g/mol. The minimum atomic E-state index is -1.61. The smallest absolute Gasteiger partial charge is 0.336 e. The van der Waals surface area contributed by atoms with Crippen LogP contribution in [0.1, 0.15) is 15.9 Å². The Bertz CT molecular complexity index is 618. The molecule has 2 nitrogen and oxygen atoms in total. The van der Waals surface area contributed by atoms with Crippen LogP contribution in [0.2, 0.25) is 0 Å². The molecule has 0 unspecified atom stereocenters. The van der Waals surface area contributed by atoms with Crippen molar-refractivity contribution in [2.75, 3.05) is 0 Å². The van der Waals surface area contributed by atoms with E-state index >= 15 is 0 Å². The van der Waals surface area contributed by atoms with Crippen LogP contribution in [0, 0.1) is 0 Å². The second-order valence-corrected chi connectivity index (χ2v) is 6.18. The lowest BCUT2D eigenvalue weighted by Crippen LogP contribution is -2.05. The highest BCUT2D eigenvalue weighted by atomic mass is 35.6. The van der Waals surface area contributed by atoms with Crippen LogP contribution in [0.5, 0.6) is 0 Å². The van der Waals surface area contributed by atoms with Gasteiger partial charge in [0.15, 0.2) is 0 Å². The maximum atomic E-state index is 11.3. The van der Waals surface area contributed by atoms with Crippen molar-refractivity contribution in [2.45, 2.75) is 3.79 Å². The molecular weight excluding hydrogens is 307 g/mol. The van der Waals surface area contributed by atoms with Crippen molar-refractivity contribution in [2.24, 2.45) is 0 Å². The molecular formula is C14H9Cl3O2. The maximum Gasteiger partial charge on any atom is 0.336 e. The Morgan fingerprint density at radius 2 is 1.42 bits per heavy atom. The summed E-state index contributed by atoms with van der Waals surface area (Å²) in [6, 6.07) is 13.5. The van der Waals surface area contributed by atoms with Gasteiger partial charge < -0.3 is 5.11 Å². The lowest BCUT2D eigenvalue weighted by molar-refractivity contribution is 0.0697. The van der Waals surface area contributed by atoms with Gasteiger partial charge in [0, 0.05) is 5.56 Å². The van der Waals surface area contributed by atoms with Crippen LogP contribution in [-0.2, 0) is 3.79 Å². The number of carboxylic acids is 1. The van der Waals surface area contributed by atoms with Crippen molar-refractivity contribution >= 4 is 40.8 Å². The molecule has 19 heavy (non-hydrogen) atoms. The standard InChI is InChI=1S/C14H9Cl3O2/c15-14(16,17)12-8-4-3-6-10(12)9-5-1-2-7-11(9)13(18)19/h1-8H,(H,18,19). The molecule has 0 bridgehead atoms. The summed E-state index contributed by atoms with van der Waals surface area (Å²) in [5.74, 6) is -1.02. The van der Waals surface area contributed by atoms with Crippen LogP contribution < -0.4 is 0 Å². The van der Waals surface area contributed by atoms with Crippen LogP contribution >= 0.6 is 34.8 Å². The molecule has 0 amide bonds. The number of hydrogen-bond donors (Lipinski definition) is 1. The molecule has 1 N–H and O–H groups in total. The van der Waals surface area contributed by atoms with Gasteiger partial charge in [0.2, 0.25) is 3.79 Å². The third-order valence-electron chi connectivity index (χ3n) is 2.68. The number of hydrogen-bond acceptors (Lipinski definition) is 1. The van der Waals surface area contributed by atoms with E-state index < -0.39 is 9.76 Å². The van der Waals surface area contributed by atoms with E-state index in [9.17, 15) is 9.90 Å². The molecule has 0 heterocycles. The first-order chi connectivity index (χ1) is 8.91. The van der Waals surface area contributed by atoms with Gasteiger partial charge in [0.05, 0.1) is 5.56 Å². The van der Waals surface area contributed by atoms with E-state index in [1.165, 1.54) is 6.07 Å². The zero-order valence-electron chi connectivity index (χ0n) is 9.61. The van der Waals surface area contributed by atoms with Gasteiger partial charge in [-0.15, -0.1) is 0 Å². The van der Waals surface area contributed by atoms with Gasteiger partial charge in [-0.05, 0) is 17.2 Å². The summed E-state index contributed by atoms with van der Waals surface area (Å²) >= 11 is 17.8. The van der Waals surface area contributed by atoms with Gasteiger partial charge in [0.1, 0.15) is 0 Å². The SMILES string of the molecule is O=C(O)c1ccccc1-c1ccccc1C(Cl)(Cl)Cl. The molecule has 0 radical (unpaired) electrons. The summed E-state index contributed by atoms with van der Waals surface area (Å²) in [4.78, 5) is 11.3. The Labute approximate surface area is 125 Å². The quantitative estimate of drug-likeness (QED) is 0.802. The first-order valence-electron chi connectivity index (χ1n) is 5.40. The zero-order chi connectivity index (χ0) is 14.0. The molecule has 0 aliphatic carbocycles. The number of halogens is 3. The molecule has 0 saturated carbocycles. The van der Waals surface area contributed by atoms with Crippen molar-refractivity contribution in [1.29, 1.82) is 0 Å². The largest absolute Gasteiger partial charge is 0.478 e. The van der Waals surface area contributed by atoms with Crippen LogP contribution in [0.15, 0.2) is 48.5 Å². The molecule has 5 heteroatoms. The molecule has 2 aromatic rings. The van der Waals surface area contributed by atoms with E-state index in [0.717, 1.165) is 0 Å². The summed E-state index contributed by atoms with van der Waals surface area (Å²) in [6.45, 7) is 0. The number of carbonyl (C=O) groups is 1. The highest BCUT2D eigenvalue weighted by Gasteiger charge is 2.27. The predicted octanol–water partition coefficient (Wildman–Crippen LogP) is 4.88. The third-order valence-corrected chi connectivity index (χ3v) is 3.29. The van der Waals surface area contributed by atoms with Crippen molar-refractivity contribution in [3.05, 3.63) is 59.7 Å². The Morgan fingerprint density at radius 1 is 0.895 bits per heavy atom. The predicted molar refractivity (Wildman–Crippen MR) is 78.1 cm³/mol. The second-order valence-electron chi connectivity index (χ2n) is 3.89. The minimum Gasteiger partial charge on any atom is -0.478 e. The van der Waals surface area contributed by atoms with Gasteiger partial charge in [-0.3, -0.25) is 0 Å². The van der Waals surface area contributed by atoms with Crippen LogP contribution in [-0.4, -0.2) is 11.1 Å². The number of carboxylic acid groups (broad SMARTS) is 1. The summed E-state index contributed by atoms with van der Waals surface area (Å²) in [5, 5.41) is 9.22. The van der Waals surface area contributed by atoms with E-state index in [0.29, 0.717) is 16.7 Å². The number of benzene rings is 2. The lowest BCUT2D eigenvalue weighted by Gasteiger charge is -2.17. The number of rotatable bonds is 2. The average Bonchev–Trinajstić information content (AvgIpc) is 2.37. The molecule has 0 saturated heterocycles. The van der Waals surface area contributed by atoms with Gasteiger partial charge in [-0.2, -0.15) is 0 Å². The summed E-state index contributed by atoms with van der Waals surface area (Å²) < 4.78 is -1.61. The lowest BCUT2D eigenvalue weighted by atomic mass is 9.96. The van der Waals surface area contributed by atoms with E-state index in [-0.39, 0.29) is 5.56 Å². The summed E-state index contributed by atoms with van der Waals surface area (Å²) in [6.07, 6.45) is 0. The van der Waals surface area contributed by atoms with Crippen molar-refractivity contribution < 1.29 is 9.90 Å². The molecule has 0 aromatic heterocycles. The monoisotopic (exact) mass is 314 g/mol. The highest BCUT2D eigenvalue weighted by molar-refractivity contribution is 6.67. The molecule has 98 valence electrons.